The van der Waals surface area contributed by atoms with Gasteiger partial charge in [-0.15, -0.1) is 11.3 Å². The highest BCUT2D eigenvalue weighted by atomic mass is 35.5. The lowest BCUT2D eigenvalue weighted by molar-refractivity contribution is -0.120. The van der Waals surface area contributed by atoms with Crippen LogP contribution in [0.2, 0.25) is 5.02 Å². The van der Waals surface area contributed by atoms with Gasteiger partial charge in [-0.05, 0) is 42.6 Å². The molecule has 0 aliphatic rings. The average Bonchev–Trinajstić information content (AvgIpc) is 3.13. The molecule has 0 N–H and O–H groups in total. The number of amides is 1. The quantitative estimate of drug-likeness (QED) is 0.586. The molecule has 1 amide bonds. The van der Waals surface area contributed by atoms with Gasteiger partial charge >= 0.3 is 0 Å². The van der Waals surface area contributed by atoms with Gasteiger partial charge < -0.3 is 9.64 Å². The summed E-state index contributed by atoms with van der Waals surface area (Å²) in [7, 11) is 0. The molecule has 0 aliphatic heterocycles. The zero-order valence-electron chi connectivity index (χ0n) is 13.8. The van der Waals surface area contributed by atoms with Crippen LogP contribution in [-0.2, 0) is 11.3 Å². The highest BCUT2D eigenvalue weighted by Crippen LogP contribution is 2.28. The maximum Gasteiger partial charge on any atom is 0.265 e. The topological polar surface area (TPSA) is 29.5 Å². The van der Waals surface area contributed by atoms with Crippen LogP contribution in [0.15, 0.2) is 66.0 Å². The van der Waals surface area contributed by atoms with Crippen molar-refractivity contribution < 1.29 is 9.53 Å². The van der Waals surface area contributed by atoms with Crippen molar-refractivity contribution in [1.29, 1.82) is 0 Å². The van der Waals surface area contributed by atoms with Crippen molar-refractivity contribution in [3.63, 3.8) is 0 Å². The van der Waals surface area contributed by atoms with Gasteiger partial charge in [0.1, 0.15) is 5.75 Å². The lowest BCUT2D eigenvalue weighted by Gasteiger charge is -2.23. The molecule has 128 valence electrons. The zero-order chi connectivity index (χ0) is 17.6. The van der Waals surface area contributed by atoms with Gasteiger partial charge in [-0.3, -0.25) is 4.79 Å². The number of halogens is 1. The van der Waals surface area contributed by atoms with E-state index in [1.807, 2.05) is 66.9 Å². The van der Waals surface area contributed by atoms with Gasteiger partial charge in [-0.1, -0.05) is 47.5 Å². The van der Waals surface area contributed by atoms with Crippen molar-refractivity contribution in [1.82, 2.24) is 0 Å². The number of rotatable bonds is 6. The Kier molecular flexibility index (Phi) is 5.74. The Morgan fingerprint density at radius 3 is 2.52 bits per heavy atom. The highest BCUT2D eigenvalue weighted by molar-refractivity contribution is 7.09. The van der Waals surface area contributed by atoms with Gasteiger partial charge in [0.15, 0.2) is 6.61 Å². The Balaban J connectivity index is 1.77. The Morgan fingerprint density at radius 2 is 1.84 bits per heavy atom. The monoisotopic (exact) mass is 371 g/mol. The van der Waals surface area contributed by atoms with Crippen LogP contribution in [0.3, 0.4) is 0 Å². The van der Waals surface area contributed by atoms with Gasteiger partial charge in [0.2, 0.25) is 0 Å². The Labute approximate surface area is 156 Å². The second kappa shape index (κ2) is 8.19. The molecule has 0 bridgehead atoms. The summed E-state index contributed by atoms with van der Waals surface area (Å²) in [5.74, 6) is 0.538. The van der Waals surface area contributed by atoms with Crippen LogP contribution in [0, 0.1) is 6.92 Å². The molecule has 3 aromatic rings. The average molecular weight is 372 g/mol. The van der Waals surface area contributed by atoms with Crippen LogP contribution in [0.5, 0.6) is 5.75 Å². The SMILES string of the molecule is Cc1ccc(OCC(=O)N(Cc2cccs2)c2ccccc2Cl)cc1. The lowest BCUT2D eigenvalue weighted by Crippen LogP contribution is -2.34. The molecule has 0 spiro atoms. The number of ether oxygens (including phenoxy) is 1. The number of benzene rings is 2. The molecular weight excluding hydrogens is 354 g/mol. The summed E-state index contributed by atoms with van der Waals surface area (Å²) >= 11 is 7.91. The molecule has 0 saturated heterocycles. The first-order valence-electron chi connectivity index (χ1n) is 7.90. The molecule has 3 rings (SSSR count). The van der Waals surface area contributed by atoms with Crippen molar-refractivity contribution in [2.75, 3.05) is 11.5 Å². The van der Waals surface area contributed by atoms with E-state index in [-0.39, 0.29) is 12.5 Å². The first-order chi connectivity index (χ1) is 12.1. The van der Waals surface area contributed by atoms with Crippen molar-refractivity contribution >= 4 is 34.5 Å². The predicted octanol–water partition coefficient (Wildman–Crippen LogP) is 5.32. The fraction of sp³-hybridized carbons (Fsp3) is 0.150. The van der Waals surface area contributed by atoms with Crippen LogP contribution in [0.25, 0.3) is 0 Å². The summed E-state index contributed by atoms with van der Waals surface area (Å²) in [6.45, 7) is 2.44. The highest BCUT2D eigenvalue weighted by Gasteiger charge is 2.19. The Bertz CT molecular complexity index is 831. The van der Waals surface area contributed by atoms with Crippen LogP contribution in [0.4, 0.5) is 5.69 Å². The van der Waals surface area contributed by atoms with Crippen molar-refractivity contribution in [2.45, 2.75) is 13.5 Å². The molecule has 0 radical (unpaired) electrons. The maximum absolute atomic E-state index is 12.8. The number of carbonyl (C=O) groups is 1. The van der Waals surface area contributed by atoms with Crippen molar-refractivity contribution in [3.8, 4) is 5.75 Å². The van der Waals surface area contributed by atoms with Crippen molar-refractivity contribution in [2.24, 2.45) is 0 Å². The third kappa shape index (κ3) is 4.62. The standard InChI is InChI=1S/C20H18ClNO2S/c1-15-8-10-16(11-9-15)24-14-20(23)22(13-17-5-4-12-25-17)19-7-3-2-6-18(19)21/h2-12H,13-14H2,1H3. The molecule has 0 fully saturated rings. The van der Waals surface area contributed by atoms with E-state index in [9.17, 15) is 4.79 Å². The molecule has 5 heteroatoms. The van der Waals surface area contributed by atoms with Crippen LogP contribution in [-0.4, -0.2) is 12.5 Å². The first-order valence-corrected chi connectivity index (χ1v) is 9.16. The number of aryl methyl sites for hydroxylation is 1. The van der Waals surface area contributed by atoms with Crippen LogP contribution >= 0.6 is 22.9 Å². The number of thiophene rings is 1. The number of hydrogen-bond acceptors (Lipinski definition) is 3. The molecule has 0 aliphatic carbocycles. The molecule has 1 aromatic heterocycles. The van der Waals surface area contributed by atoms with E-state index in [4.69, 9.17) is 16.3 Å². The van der Waals surface area contributed by atoms with E-state index in [1.54, 1.807) is 22.3 Å². The van der Waals surface area contributed by atoms with E-state index < -0.39 is 0 Å². The molecule has 1 heterocycles. The molecule has 2 aromatic carbocycles. The van der Waals surface area contributed by atoms with Gasteiger partial charge in [0.25, 0.3) is 5.91 Å². The molecule has 0 atom stereocenters. The zero-order valence-corrected chi connectivity index (χ0v) is 15.4. The summed E-state index contributed by atoms with van der Waals surface area (Å²) in [4.78, 5) is 15.6. The Hall–Kier alpha value is -2.30. The number of carbonyl (C=O) groups excluding carboxylic acids is 1. The third-order valence-corrected chi connectivity index (χ3v) is 4.90. The summed E-state index contributed by atoms with van der Waals surface area (Å²) < 4.78 is 5.65. The van der Waals surface area contributed by atoms with Gasteiger partial charge in [0.05, 0.1) is 17.3 Å². The smallest absolute Gasteiger partial charge is 0.265 e. The maximum atomic E-state index is 12.8. The Morgan fingerprint density at radius 1 is 1.08 bits per heavy atom. The van der Waals surface area contributed by atoms with Crippen LogP contribution < -0.4 is 9.64 Å². The number of nitrogens with zero attached hydrogens (tertiary/aromatic N) is 1. The third-order valence-electron chi connectivity index (χ3n) is 3.72. The largest absolute Gasteiger partial charge is 0.484 e. The summed E-state index contributed by atoms with van der Waals surface area (Å²) in [5, 5.41) is 2.54. The fourth-order valence-electron chi connectivity index (χ4n) is 2.39. The van der Waals surface area contributed by atoms with Crippen LogP contribution in [0.1, 0.15) is 10.4 Å². The van der Waals surface area contributed by atoms with Gasteiger partial charge in [0, 0.05) is 4.88 Å². The lowest BCUT2D eigenvalue weighted by atomic mass is 10.2. The number of para-hydroxylation sites is 1. The molecule has 0 saturated carbocycles. The normalized spacial score (nSPS) is 10.5. The predicted molar refractivity (Wildman–Crippen MR) is 104 cm³/mol. The van der Waals surface area contributed by atoms with Crippen molar-refractivity contribution in [3.05, 3.63) is 81.5 Å². The number of hydrogen-bond donors (Lipinski definition) is 0. The van der Waals surface area contributed by atoms with Gasteiger partial charge in [-0.2, -0.15) is 0 Å². The molecule has 3 nitrogen and oxygen atoms in total. The van der Waals surface area contributed by atoms with E-state index in [0.29, 0.717) is 23.0 Å². The van der Waals surface area contributed by atoms with E-state index in [0.717, 1.165) is 10.4 Å². The second-order valence-corrected chi connectivity index (χ2v) is 7.05. The molecular formula is C20H18ClNO2S. The second-order valence-electron chi connectivity index (χ2n) is 5.61. The fourth-order valence-corrected chi connectivity index (χ4v) is 3.32. The molecule has 25 heavy (non-hydrogen) atoms. The summed E-state index contributed by atoms with van der Waals surface area (Å²) in [6.07, 6.45) is 0. The van der Waals surface area contributed by atoms with E-state index in [2.05, 4.69) is 0 Å². The minimum Gasteiger partial charge on any atom is -0.484 e. The number of anilines is 1. The molecule has 0 unspecified atom stereocenters. The van der Waals surface area contributed by atoms with E-state index >= 15 is 0 Å². The summed E-state index contributed by atoms with van der Waals surface area (Å²) in [6, 6.07) is 19.0. The first kappa shape index (κ1) is 17.5. The van der Waals surface area contributed by atoms with Gasteiger partial charge in [-0.25, -0.2) is 0 Å². The van der Waals surface area contributed by atoms with E-state index in [1.165, 1.54) is 0 Å². The minimum absolute atomic E-state index is 0.0420. The minimum atomic E-state index is -0.137. The summed E-state index contributed by atoms with van der Waals surface area (Å²) in [5.41, 5.74) is 1.84.